The maximum absolute atomic E-state index is 5.12. The topological polar surface area (TPSA) is 27.7 Å². The molecule has 1 rings (SSSR count). The Morgan fingerprint density at radius 2 is 2.10 bits per heavy atom. The van der Waals surface area contributed by atoms with Gasteiger partial charge in [-0.25, -0.2) is 0 Å². The van der Waals surface area contributed by atoms with Gasteiger partial charge in [0.05, 0.1) is 19.8 Å². The van der Waals surface area contributed by atoms with E-state index in [1.165, 1.54) is 0 Å². The van der Waals surface area contributed by atoms with E-state index in [-0.39, 0.29) is 0 Å². The van der Waals surface area contributed by atoms with E-state index in [1.54, 1.807) is 0 Å². The summed E-state index contributed by atoms with van der Waals surface area (Å²) < 4.78 is 15.1. The highest BCUT2D eigenvalue weighted by Crippen LogP contribution is 2.13. The smallest absolute Gasteiger partial charge is 0.321 e. The number of ether oxygens (including phenoxy) is 3. The molecule has 3 nitrogen and oxygen atoms in total. The van der Waals surface area contributed by atoms with Crippen LogP contribution < -0.4 is 0 Å². The van der Waals surface area contributed by atoms with Crippen molar-refractivity contribution in [3.8, 4) is 0 Å². The van der Waals surface area contributed by atoms with E-state index in [9.17, 15) is 0 Å². The minimum atomic E-state index is 0.355. The summed E-state index contributed by atoms with van der Waals surface area (Å²) in [5, 5.41) is 0. The van der Waals surface area contributed by atoms with Crippen LogP contribution in [0.1, 0.15) is 19.8 Å². The maximum atomic E-state index is 5.12. The predicted octanol–water partition coefficient (Wildman–Crippen LogP) is 1.30. The van der Waals surface area contributed by atoms with Gasteiger partial charge in [0.25, 0.3) is 0 Å². The predicted molar refractivity (Wildman–Crippen MR) is 36.0 cm³/mol. The lowest BCUT2D eigenvalue weighted by Gasteiger charge is -2.05. The second kappa shape index (κ2) is 4.66. The van der Waals surface area contributed by atoms with Gasteiger partial charge < -0.3 is 14.2 Å². The normalized spacial score (nSPS) is 20.1. The molecule has 0 bridgehead atoms. The minimum absolute atomic E-state index is 0.355. The summed E-state index contributed by atoms with van der Waals surface area (Å²) in [6, 6.07) is 0. The third kappa shape index (κ3) is 2.64. The van der Waals surface area contributed by atoms with E-state index in [0.717, 1.165) is 12.8 Å². The van der Waals surface area contributed by atoms with Crippen LogP contribution in [0, 0.1) is 6.48 Å². The zero-order valence-corrected chi connectivity index (χ0v) is 6.26. The van der Waals surface area contributed by atoms with Gasteiger partial charge in [-0.2, -0.15) is 0 Å². The minimum Gasteiger partial charge on any atom is -0.321 e. The van der Waals surface area contributed by atoms with Gasteiger partial charge in [-0.3, -0.25) is 0 Å². The summed E-state index contributed by atoms with van der Waals surface area (Å²) in [5.74, 6) is 0. The van der Waals surface area contributed by atoms with Crippen LogP contribution >= 0.6 is 0 Å². The summed E-state index contributed by atoms with van der Waals surface area (Å²) in [4.78, 5) is 0. The number of hydrogen-bond donors (Lipinski definition) is 0. The molecule has 0 atom stereocenters. The van der Waals surface area contributed by atoms with Crippen LogP contribution in [-0.2, 0) is 14.2 Å². The molecular weight excluding hydrogens is 132 g/mol. The molecule has 1 fully saturated rings. The zero-order chi connectivity index (χ0) is 7.23. The fourth-order valence-corrected chi connectivity index (χ4v) is 0.675. The lowest BCUT2D eigenvalue weighted by Crippen LogP contribution is -2.03. The van der Waals surface area contributed by atoms with Crippen LogP contribution in [0.15, 0.2) is 0 Å². The standard InChI is InChI=1S/C7H13O3/c1-2-3-4-8-7-9-5-6-10-7/h2-6H2,1H3. The second-order valence-electron chi connectivity index (χ2n) is 2.15. The van der Waals surface area contributed by atoms with E-state index >= 15 is 0 Å². The summed E-state index contributed by atoms with van der Waals surface area (Å²) in [6.07, 6.45) is 2.18. The van der Waals surface area contributed by atoms with Crippen LogP contribution in [0.25, 0.3) is 0 Å². The van der Waals surface area contributed by atoms with Gasteiger partial charge in [-0.05, 0) is 6.42 Å². The third-order valence-corrected chi connectivity index (χ3v) is 1.24. The van der Waals surface area contributed by atoms with Gasteiger partial charge in [0.2, 0.25) is 0 Å². The van der Waals surface area contributed by atoms with E-state index in [1.807, 2.05) is 0 Å². The molecule has 1 aliphatic rings. The molecule has 0 aromatic heterocycles. The molecule has 1 radical (unpaired) electrons. The van der Waals surface area contributed by atoms with Crippen LogP contribution in [0.3, 0.4) is 0 Å². The zero-order valence-electron chi connectivity index (χ0n) is 6.26. The molecule has 0 aliphatic carbocycles. The van der Waals surface area contributed by atoms with Crippen molar-refractivity contribution in [2.75, 3.05) is 19.8 Å². The van der Waals surface area contributed by atoms with Crippen molar-refractivity contribution in [2.45, 2.75) is 19.8 Å². The largest absolute Gasteiger partial charge is 0.370 e. The molecule has 0 amide bonds. The molecular formula is C7H13O3. The van der Waals surface area contributed by atoms with Crippen molar-refractivity contribution in [2.24, 2.45) is 0 Å². The first kappa shape index (κ1) is 7.98. The molecule has 10 heavy (non-hydrogen) atoms. The lowest BCUT2D eigenvalue weighted by molar-refractivity contribution is -0.121. The lowest BCUT2D eigenvalue weighted by atomic mass is 10.4. The Morgan fingerprint density at radius 1 is 1.40 bits per heavy atom. The van der Waals surface area contributed by atoms with E-state index in [2.05, 4.69) is 6.92 Å². The van der Waals surface area contributed by atoms with Gasteiger partial charge in [0.1, 0.15) is 0 Å². The molecule has 59 valence electrons. The van der Waals surface area contributed by atoms with E-state index in [4.69, 9.17) is 14.2 Å². The molecule has 0 N–H and O–H groups in total. The SMILES string of the molecule is CCCCO[C]1OCCO1. The molecule has 1 saturated heterocycles. The second-order valence-corrected chi connectivity index (χ2v) is 2.15. The Morgan fingerprint density at radius 3 is 2.70 bits per heavy atom. The highest BCUT2D eigenvalue weighted by Gasteiger charge is 2.18. The Hall–Kier alpha value is -0.120. The summed E-state index contributed by atoms with van der Waals surface area (Å²) in [7, 11) is 0. The Bertz CT molecular complexity index is 78.9. The first-order valence-corrected chi connectivity index (χ1v) is 3.69. The van der Waals surface area contributed by atoms with E-state index in [0.29, 0.717) is 26.3 Å². The van der Waals surface area contributed by atoms with Crippen LogP contribution in [0.2, 0.25) is 0 Å². The molecule has 0 aromatic carbocycles. The Balaban J connectivity index is 1.91. The quantitative estimate of drug-likeness (QED) is 0.558. The van der Waals surface area contributed by atoms with Gasteiger partial charge in [-0.15, -0.1) is 0 Å². The van der Waals surface area contributed by atoms with Gasteiger partial charge in [0, 0.05) is 0 Å². The highest BCUT2D eigenvalue weighted by molar-refractivity contribution is 4.55. The van der Waals surface area contributed by atoms with E-state index < -0.39 is 0 Å². The molecule has 0 unspecified atom stereocenters. The van der Waals surface area contributed by atoms with Crippen LogP contribution in [0.5, 0.6) is 0 Å². The average molecular weight is 145 g/mol. The van der Waals surface area contributed by atoms with Crippen molar-refractivity contribution in [1.29, 1.82) is 0 Å². The highest BCUT2D eigenvalue weighted by atomic mass is 16.9. The first-order chi connectivity index (χ1) is 4.93. The Kier molecular flexibility index (Phi) is 3.72. The van der Waals surface area contributed by atoms with Crippen LogP contribution in [0.4, 0.5) is 0 Å². The van der Waals surface area contributed by atoms with Crippen molar-refractivity contribution in [1.82, 2.24) is 0 Å². The van der Waals surface area contributed by atoms with Crippen molar-refractivity contribution < 1.29 is 14.2 Å². The molecule has 1 heterocycles. The molecule has 0 aromatic rings. The number of hydrogen-bond acceptors (Lipinski definition) is 3. The van der Waals surface area contributed by atoms with Gasteiger partial charge in [-0.1, -0.05) is 13.3 Å². The van der Waals surface area contributed by atoms with Gasteiger partial charge in [0.15, 0.2) is 0 Å². The number of rotatable bonds is 4. The molecule has 1 aliphatic heterocycles. The molecule has 3 heteroatoms. The van der Waals surface area contributed by atoms with Gasteiger partial charge >= 0.3 is 6.48 Å². The average Bonchev–Trinajstić information content (AvgIpc) is 2.41. The van der Waals surface area contributed by atoms with Crippen molar-refractivity contribution in [3.05, 3.63) is 6.48 Å². The fraction of sp³-hybridized carbons (Fsp3) is 0.857. The fourth-order valence-electron chi connectivity index (χ4n) is 0.675. The van der Waals surface area contributed by atoms with Crippen molar-refractivity contribution >= 4 is 0 Å². The maximum Gasteiger partial charge on any atom is 0.370 e. The number of unbranched alkanes of at least 4 members (excludes halogenated alkanes) is 1. The summed E-state index contributed by atoms with van der Waals surface area (Å²) in [5.41, 5.74) is 0. The van der Waals surface area contributed by atoms with Crippen LogP contribution in [-0.4, -0.2) is 19.8 Å². The Labute approximate surface area is 61.3 Å². The molecule has 0 spiro atoms. The van der Waals surface area contributed by atoms with Crippen molar-refractivity contribution in [3.63, 3.8) is 0 Å². The third-order valence-electron chi connectivity index (χ3n) is 1.24. The monoisotopic (exact) mass is 145 g/mol. The summed E-state index contributed by atoms with van der Waals surface area (Å²) >= 11 is 0. The molecule has 0 saturated carbocycles. The first-order valence-electron chi connectivity index (χ1n) is 3.69. The summed E-state index contributed by atoms with van der Waals surface area (Å²) in [6.45, 7) is 4.42.